The molecule has 1 aliphatic rings. The summed E-state index contributed by atoms with van der Waals surface area (Å²) in [5, 5.41) is 4.05. The van der Waals surface area contributed by atoms with Crippen LogP contribution in [-0.4, -0.2) is 32.1 Å². The van der Waals surface area contributed by atoms with E-state index < -0.39 is 6.43 Å². The zero-order valence-electron chi connectivity index (χ0n) is 17.1. The SMILES string of the molecule is Cc1cc(C(F)F)n(CC(=O)N2CCCC[C@@H]2c2ncc(Cc3ccc(F)cc3)o2)n1. The lowest BCUT2D eigenvalue weighted by atomic mass is 10.0. The summed E-state index contributed by atoms with van der Waals surface area (Å²) < 4.78 is 46.6. The van der Waals surface area contributed by atoms with Crippen molar-refractivity contribution in [3.8, 4) is 0 Å². The van der Waals surface area contributed by atoms with E-state index in [1.165, 1.54) is 18.2 Å². The first kappa shape index (κ1) is 21.1. The van der Waals surface area contributed by atoms with Crippen molar-refractivity contribution in [2.24, 2.45) is 0 Å². The molecule has 3 aromatic rings. The molecule has 1 amide bonds. The van der Waals surface area contributed by atoms with Gasteiger partial charge in [0.2, 0.25) is 11.8 Å². The van der Waals surface area contributed by atoms with Crippen molar-refractivity contribution >= 4 is 5.91 Å². The summed E-state index contributed by atoms with van der Waals surface area (Å²) >= 11 is 0. The minimum Gasteiger partial charge on any atom is -0.443 e. The minimum atomic E-state index is -2.70. The van der Waals surface area contributed by atoms with E-state index in [1.54, 1.807) is 30.2 Å². The number of aryl methyl sites for hydroxylation is 1. The van der Waals surface area contributed by atoms with E-state index in [2.05, 4.69) is 10.1 Å². The van der Waals surface area contributed by atoms with Crippen LogP contribution in [0.2, 0.25) is 0 Å². The van der Waals surface area contributed by atoms with Crippen LogP contribution < -0.4 is 0 Å². The Hall–Kier alpha value is -3.10. The average Bonchev–Trinajstić information content (AvgIpc) is 3.36. The minimum absolute atomic E-state index is 0.257. The lowest BCUT2D eigenvalue weighted by Crippen LogP contribution is -2.40. The van der Waals surface area contributed by atoms with Gasteiger partial charge in [-0.15, -0.1) is 0 Å². The molecule has 3 heterocycles. The van der Waals surface area contributed by atoms with Crippen LogP contribution in [0, 0.1) is 12.7 Å². The van der Waals surface area contributed by atoms with Crippen LogP contribution in [0.4, 0.5) is 13.2 Å². The van der Waals surface area contributed by atoms with Crippen molar-refractivity contribution in [3.05, 3.63) is 70.9 Å². The fourth-order valence-electron chi connectivity index (χ4n) is 3.94. The highest BCUT2D eigenvalue weighted by Crippen LogP contribution is 2.31. The Kier molecular flexibility index (Phi) is 6.11. The molecule has 31 heavy (non-hydrogen) atoms. The molecular formula is C22H23F3N4O2. The molecule has 1 aromatic carbocycles. The van der Waals surface area contributed by atoms with Gasteiger partial charge in [0.1, 0.15) is 29.9 Å². The molecule has 1 fully saturated rings. The maximum absolute atomic E-state index is 13.2. The molecule has 1 aliphatic heterocycles. The maximum atomic E-state index is 13.2. The highest BCUT2D eigenvalue weighted by Gasteiger charge is 2.32. The van der Waals surface area contributed by atoms with Gasteiger partial charge >= 0.3 is 0 Å². The third kappa shape index (κ3) is 4.81. The van der Waals surface area contributed by atoms with Gasteiger partial charge < -0.3 is 9.32 Å². The van der Waals surface area contributed by atoms with E-state index in [9.17, 15) is 18.0 Å². The van der Waals surface area contributed by atoms with Crippen LogP contribution in [0.1, 0.15) is 60.3 Å². The number of aromatic nitrogens is 3. The van der Waals surface area contributed by atoms with Crippen LogP contribution >= 0.6 is 0 Å². The molecule has 0 unspecified atom stereocenters. The van der Waals surface area contributed by atoms with Crippen LogP contribution in [0.25, 0.3) is 0 Å². The van der Waals surface area contributed by atoms with E-state index in [0.29, 0.717) is 36.7 Å². The maximum Gasteiger partial charge on any atom is 0.280 e. The Bertz CT molecular complexity index is 1050. The fraction of sp³-hybridized carbons (Fsp3) is 0.409. The average molecular weight is 432 g/mol. The van der Waals surface area contributed by atoms with Gasteiger partial charge in [0, 0.05) is 13.0 Å². The second kappa shape index (κ2) is 8.95. The van der Waals surface area contributed by atoms with E-state index in [-0.39, 0.29) is 30.0 Å². The van der Waals surface area contributed by atoms with Gasteiger partial charge in [0.05, 0.1) is 11.9 Å². The second-order valence-corrected chi connectivity index (χ2v) is 7.74. The molecule has 1 saturated heterocycles. The molecule has 6 nitrogen and oxygen atoms in total. The summed E-state index contributed by atoms with van der Waals surface area (Å²) in [6.45, 7) is 1.86. The van der Waals surface area contributed by atoms with Gasteiger partial charge in [0.25, 0.3) is 6.43 Å². The molecule has 2 aromatic heterocycles. The lowest BCUT2D eigenvalue weighted by Gasteiger charge is -2.34. The Morgan fingerprint density at radius 1 is 1.26 bits per heavy atom. The Labute approximate surface area is 177 Å². The molecule has 4 rings (SSSR count). The molecule has 0 bridgehead atoms. The number of piperidine rings is 1. The Morgan fingerprint density at radius 3 is 2.77 bits per heavy atom. The number of hydrogen-bond donors (Lipinski definition) is 0. The van der Waals surface area contributed by atoms with Crippen molar-refractivity contribution in [2.45, 2.75) is 51.6 Å². The van der Waals surface area contributed by atoms with Crippen LogP contribution in [0.3, 0.4) is 0 Å². The first-order chi connectivity index (χ1) is 14.9. The molecular weight excluding hydrogens is 409 g/mol. The van der Waals surface area contributed by atoms with Crippen LogP contribution in [0.15, 0.2) is 40.9 Å². The van der Waals surface area contributed by atoms with Crippen molar-refractivity contribution in [3.63, 3.8) is 0 Å². The number of amides is 1. The zero-order valence-corrected chi connectivity index (χ0v) is 17.1. The van der Waals surface area contributed by atoms with Gasteiger partial charge in [-0.2, -0.15) is 5.10 Å². The standard InChI is InChI=1S/C22H23F3N4O2/c1-14-10-19(21(24)25)29(27-14)13-20(30)28-9-3-2-4-18(28)22-26-12-17(31-22)11-15-5-7-16(23)8-6-15/h5-8,10,12,18,21H,2-4,9,11,13H2,1H3/t18-/m1/s1. The summed E-state index contributed by atoms with van der Waals surface area (Å²) in [4.78, 5) is 19.0. The number of carbonyl (C=O) groups is 1. The fourth-order valence-corrected chi connectivity index (χ4v) is 3.94. The van der Waals surface area contributed by atoms with Crippen LogP contribution in [-0.2, 0) is 17.8 Å². The number of hydrogen-bond acceptors (Lipinski definition) is 4. The van der Waals surface area contributed by atoms with E-state index >= 15 is 0 Å². The van der Waals surface area contributed by atoms with Gasteiger partial charge in [-0.25, -0.2) is 18.2 Å². The van der Waals surface area contributed by atoms with E-state index in [0.717, 1.165) is 23.1 Å². The highest BCUT2D eigenvalue weighted by molar-refractivity contribution is 5.76. The van der Waals surface area contributed by atoms with Crippen molar-refractivity contribution in [2.75, 3.05) is 6.54 Å². The molecule has 0 aliphatic carbocycles. The van der Waals surface area contributed by atoms with Crippen molar-refractivity contribution < 1.29 is 22.4 Å². The Balaban J connectivity index is 1.49. The number of alkyl halides is 2. The second-order valence-electron chi connectivity index (χ2n) is 7.74. The number of nitrogens with zero attached hydrogens (tertiary/aromatic N) is 4. The predicted molar refractivity (Wildman–Crippen MR) is 106 cm³/mol. The highest BCUT2D eigenvalue weighted by atomic mass is 19.3. The van der Waals surface area contributed by atoms with E-state index in [4.69, 9.17) is 4.42 Å². The lowest BCUT2D eigenvalue weighted by molar-refractivity contribution is -0.136. The quantitative estimate of drug-likeness (QED) is 0.571. The van der Waals surface area contributed by atoms with Crippen molar-refractivity contribution in [1.29, 1.82) is 0 Å². The first-order valence-electron chi connectivity index (χ1n) is 10.2. The normalized spacial score (nSPS) is 16.8. The van der Waals surface area contributed by atoms with Gasteiger partial charge in [-0.3, -0.25) is 9.48 Å². The zero-order chi connectivity index (χ0) is 22.0. The topological polar surface area (TPSA) is 64.2 Å². The summed E-state index contributed by atoms with van der Waals surface area (Å²) in [6.07, 6.45) is 1.78. The monoisotopic (exact) mass is 432 g/mol. The van der Waals surface area contributed by atoms with Crippen molar-refractivity contribution in [1.82, 2.24) is 19.7 Å². The van der Waals surface area contributed by atoms with Gasteiger partial charge in [-0.05, 0) is 49.9 Å². The number of halogens is 3. The number of benzene rings is 1. The van der Waals surface area contributed by atoms with Gasteiger partial charge in [0.15, 0.2) is 0 Å². The summed E-state index contributed by atoms with van der Waals surface area (Å²) in [6, 6.07) is 7.08. The molecule has 0 spiro atoms. The van der Waals surface area contributed by atoms with Gasteiger partial charge in [-0.1, -0.05) is 12.1 Å². The summed E-state index contributed by atoms with van der Waals surface area (Å²) in [5.74, 6) is 0.437. The summed E-state index contributed by atoms with van der Waals surface area (Å²) in [7, 11) is 0. The third-order valence-corrected chi connectivity index (χ3v) is 5.41. The smallest absolute Gasteiger partial charge is 0.280 e. The Morgan fingerprint density at radius 2 is 2.03 bits per heavy atom. The number of carbonyl (C=O) groups excluding carboxylic acids is 1. The first-order valence-corrected chi connectivity index (χ1v) is 10.2. The molecule has 0 saturated carbocycles. The predicted octanol–water partition coefficient (Wildman–Crippen LogP) is 4.60. The molecule has 164 valence electrons. The largest absolute Gasteiger partial charge is 0.443 e. The third-order valence-electron chi connectivity index (χ3n) is 5.41. The molecule has 0 N–H and O–H groups in total. The molecule has 0 radical (unpaired) electrons. The number of oxazole rings is 1. The summed E-state index contributed by atoms with van der Waals surface area (Å²) in [5.41, 5.74) is 1.06. The number of likely N-dealkylation sites (tertiary alicyclic amines) is 1. The van der Waals surface area contributed by atoms with E-state index in [1.807, 2.05) is 0 Å². The number of rotatable bonds is 6. The van der Waals surface area contributed by atoms with Crippen LogP contribution in [0.5, 0.6) is 0 Å². The molecule has 1 atom stereocenters. The molecule has 9 heteroatoms.